The molecule has 1 N–H and O–H groups in total. The van der Waals surface area contributed by atoms with Crippen LogP contribution in [0.5, 0.6) is 0 Å². The Kier molecular flexibility index (Phi) is 2.47. The highest BCUT2D eigenvalue weighted by molar-refractivity contribution is 4.93. The van der Waals surface area contributed by atoms with Crippen molar-refractivity contribution in [3.8, 4) is 0 Å². The highest BCUT2D eigenvalue weighted by Crippen LogP contribution is 2.24. The summed E-state index contributed by atoms with van der Waals surface area (Å²) < 4.78 is 0. The van der Waals surface area contributed by atoms with Crippen molar-refractivity contribution in [2.45, 2.75) is 18.9 Å². The van der Waals surface area contributed by atoms with Crippen molar-refractivity contribution in [1.82, 2.24) is 10.2 Å². The molecule has 0 aromatic heterocycles. The van der Waals surface area contributed by atoms with Gasteiger partial charge in [-0.15, -0.1) is 6.58 Å². The lowest BCUT2D eigenvalue weighted by molar-refractivity contribution is 0.335. The first-order valence-corrected chi connectivity index (χ1v) is 4.97. The lowest BCUT2D eigenvalue weighted by Crippen LogP contribution is -2.40. The third kappa shape index (κ3) is 1.54. The van der Waals surface area contributed by atoms with Crippen LogP contribution in [-0.2, 0) is 0 Å². The zero-order chi connectivity index (χ0) is 8.39. The average Bonchev–Trinajstić information content (AvgIpc) is 2.47. The molecule has 2 rings (SSSR count). The maximum atomic E-state index is 3.78. The Morgan fingerprint density at radius 2 is 2.42 bits per heavy atom. The van der Waals surface area contributed by atoms with Gasteiger partial charge < -0.3 is 5.32 Å². The van der Waals surface area contributed by atoms with Crippen molar-refractivity contribution in [3.05, 3.63) is 12.7 Å². The predicted molar refractivity (Wildman–Crippen MR) is 51.2 cm³/mol. The minimum absolute atomic E-state index is 0.777. The first-order valence-electron chi connectivity index (χ1n) is 4.97. The molecule has 0 aromatic rings. The number of hydrogen-bond donors (Lipinski definition) is 1. The van der Waals surface area contributed by atoms with E-state index in [4.69, 9.17) is 0 Å². The van der Waals surface area contributed by atoms with Crippen molar-refractivity contribution in [3.63, 3.8) is 0 Å². The summed E-state index contributed by atoms with van der Waals surface area (Å²) in [5.74, 6) is 0.915. The van der Waals surface area contributed by atoms with Crippen LogP contribution in [0.4, 0.5) is 0 Å². The lowest BCUT2D eigenvalue weighted by Gasteiger charge is -2.24. The van der Waals surface area contributed by atoms with Crippen molar-refractivity contribution in [2.75, 3.05) is 26.2 Å². The molecule has 0 bridgehead atoms. The Labute approximate surface area is 74.6 Å². The molecule has 68 valence electrons. The normalized spacial score (nSPS) is 36.3. The Hall–Kier alpha value is -0.340. The molecule has 0 spiro atoms. The zero-order valence-electron chi connectivity index (χ0n) is 7.63. The SMILES string of the molecule is C=CCN1CC2CCCNC2C1. The van der Waals surface area contributed by atoms with E-state index in [9.17, 15) is 0 Å². The van der Waals surface area contributed by atoms with Crippen LogP contribution in [0.25, 0.3) is 0 Å². The predicted octanol–water partition coefficient (Wildman–Crippen LogP) is 0.856. The summed E-state index contributed by atoms with van der Waals surface area (Å²) in [5, 5.41) is 3.59. The van der Waals surface area contributed by atoms with Gasteiger partial charge in [0, 0.05) is 25.7 Å². The number of hydrogen-bond acceptors (Lipinski definition) is 2. The van der Waals surface area contributed by atoms with Crippen LogP contribution < -0.4 is 5.32 Å². The van der Waals surface area contributed by atoms with Gasteiger partial charge in [-0.3, -0.25) is 4.90 Å². The van der Waals surface area contributed by atoms with Gasteiger partial charge in [0.25, 0.3) is 0 Å². The Balaban J connectivity index is 1.89. The maximum Gasteiger partial charge on any atom is 0.0235 e. The molecule has 2 aliphatic rings. The largest absolute Gasteiger partial charge is 0.312 e. The molecule has 2 nitrogen and oxygen atoms in total. The number of nitrogens with one attached hydrogen (secondary N) is 1. The molecule has 2 unspecified atom stereocenters. The van der Waals surface area contributed by atoms with Crippen LogP contribution in [-0.4, -0.2) is 37.1 Å². The minimum atomic E-state index is 0.777. The fourth-order valence-electron chi connectivity index (χ4n) is 2.47. The van der Waals surface area contributed by atoms with Crippen LogP contribution in [0.15, 0.2) is 12.7 Å². The Bertz CT molecular complexity index is 153. The van der Waals surface area contributed by atoms with E-state index in [1.54, 1.807) is 0 Å². The van der Waals surface area contributed by atoms with Gasteiger partial charge in [-0.1, -0.05) is 6.08 Å². The molecular weight excluding hydrogens is 148 g/mol. The summed E-state index contributed by atoms with van der Waals surface area (Å²) in [7, 11) is 0. The average molecular weight is 166 g/mol. The molecule has 0 aliphatic carbocycles. The van der Waals surface area contributed by atoms with Gasteiger partial charge in [0.05, 0.1) is 0 Å². The highest BCUT2D eigenvalue weighted by atomic mass is 15.2. The van der Waals surface area contributed by atoms with Crippen LogP contribution in [0.2, 0.25) is 0 Å². The number of piperidine rings is 1. The fraction of sp³-hybridized carbons (Fsp3) is 0.800. The first-order chi connectivity index (χ1) is 5.90. The van der Waals surface area contributed by atoms with E-state index < -0.39 is 0 Å². The van der Waals surface area contributed by atoms with Crippen molar-refractivity contribution < 1.29 is 0 Å². The van der Waals surface area contributed by atoms with E-state index in [2.05, 4.69) is 16.8 Å². The van der Waals surface area contributed by atoms with Gasteiger partial charge in [0.1, 0.15) is 0 Å². The van der Waals surface area contributed by atoms with Gasteiger partial charge in [-0.25, -0.2) is 0 Å². The van der Waals surface area contributed by atoms with E-state index >= 15 is 0 Å². The molecule has 0 radical (unpaired) electrons. The monoisotopic (exact) mass is 166 g/mol. The molecule has 2 atom stereocenters. The molecule has 12 heavy (non-hydrogen) atoms. The molecule has 2 fully saturated rings. The fourth-order valence-corrected chi connectivity index (χ4v) is 2.47. The topological polar surface area (TPSA) is 15.3 Å². The van der Waals surface area contributed by atoms with E-state index in [1.807, 2.05) is 6.08 Å². The van der Waals surface area contributed by atoms with Crippen molar-refractivity contribution >= 4 is 0 Å². The summed E-state index contributed by atoms with van der Waals surface area (Å²) in [4.78, 5) is 2.50. The Morgan fingerprint density at radius 3 is 3.17 bits per heavy atom. The molecule has 2 saturated heterocycles. The van der Waals surface area contributed by atoms with Gasteiger partial charge in [0.2, 0.25) is 0 Å². The van der Waals surface area contributed by atoms with Crippen LogP contribution in [0.3, 0.4) is 0 Å². The molecule has 2 heteroatoms. The summed E-state index contributed by atoms with van der Waals surface area (Å²) in [6, 6.07) is 0.777. The van der Waals surface area contributed by atoms with E-state index in [-0.39, 0.29) is 0 Å². The third-order valence-electron chi connectivity index (χ3n) is 3.06. The summed E-state index contributed by atoms with van der Waals surface area (Å²) in [6.07, 6.45) is 4.80. The first kappa shape index (κ1) is 8.27. The van der Waals surface area contributed by atoms with Gasteiger partial charge in [-0.2, -0.15) is 0 Å². The number of likely N-dealkylation sites (tertiary alicyclic amines) is 1. The second-order valence-corrected chi connectivity index (χ2v) is 3.97. The molecule has 2 heterocycles. The van der Waals surface area contributed by atoms with Gasteiger partial charge >= 0.3 is 0 Å². The molecule has 0 saturated carbocycles. The molecule has 2 aliphatic heterocycles. The second-order valence-electron chi connectivity index (χ2n) is 3.97. The quantitative estimate of drug-likeness (QED) is 0.612. The van der Waals surface area contributed by atoms with Crippen molar-refractivity contribution in [1.29, 1.82) is 0 Å². The lowest BCUT2D eigenvalue weighted by atomic mass is 9.94. The third-order valence-corrected chi connectivity index (χ3v) is 3.06. The van der Waals surface area contributed by atoms with Crippen LogP contribution in [0, 0.1) is 5.92 Å². The Morgan fingerprint density at radius 1 is 1.50 bits per heavy atom. The second kappa shape index (κ2) is 3.58. The highest BCUT2D eigenvalue weighted by Gasteiger charge is 2.33. The van der Waals surface area contributed by atoms with Gasteiger partial charge in [0.15, 0.2) is 0 Å². The summed E-state index contributed by atoms with van der Waals surface area (Å²) >= 11 is 0. The number of nitrogens with zero attached hydrogens (tertiary/aromatic N) is 1. The van der Waals surface area contributed by atoms with E-state index in [1.165, 1.54) is 32.5 Å². The van der Waals surface area contributed by atoms with Gasteiger partial charge in [-0.05, 0) is 25.3 Å². The van der Waals surface area contributed by atoms with E-state index in [0.717, 1.165) is 18.5 Å². The van der Waals surface area contributed by atoms with Crippen LogP contribution in [0.1, 0.15) is 12.8 Å². The van der Waals surface area contributed by atoms with E-state index in [0.29, 0.717) is 0 Å². The molecule has 0 aromatic carbocycles. The molecular formula is C10H18N2. The number of rotatable bonds is 2. The van der Waals surface area contributed by atoms with Crippen LogP contribution >= 0.6 is 0 Å². The zero-order valence-corrected chi connectivity index (χ0v) is 7.63. The number of fused-ring (bicyclic) bond motifs is 1. The standard InChI is InChI=1S/C10H18N2/c1-2-6-12-7-9-4-3-5-11-10(9)8-12/h2,9-11H,1,3-8H2. The minimum Gasteiger partial charge on any atom is -0.312 e. The molecule has 0 amide bonds. The van der Waals surface area contributed by atoms with Crippen molar-refractivity contribution in [2.24, 2.45) is 5.92 Å². The maximum absolute atomic E-state index is 3.78. The smallest absolute Gasteiger partial charge is 0.0235 e. The summed E-state index contributed by atoms with van der Waals surface area (Å²) in [5.41, 5.74) is 0. The summed E-state index contributed by atoms with van der Waals surface area (Å²) in [6.45, 7) is 8.58.